The lowest BCUT2D eigenvalue weighted by atomic mass is 10.1. The molecular formula is C20H22N4O2S. The molecule has 0 saturated carbocycles. The Balaban J connectivity index is 1.80. The van der Waals surface area contributed by atoms with E-state index < -0.39 is 5.97 Å². The van der Waals surface area contributed by atoms with Crippen molar-refractivity contribution in [3.63, 3.8) is 0 Å². The minimum Gasteiger partial charge on any atom is -0.461 e. The van der Waals surface area contributed by atoms with E-state index in [9.17, 15) is 4.79 Å². The Morgan fingerprint density at radius 2 is 1.96 bits per heavy atom. The third-order valence-electron chi connectivity index (χ3n) is 4.70. The fourth-order valence-corrected chi connectivity index (χ4v) is 4.20. The van der Waals surface area contributed by atoms with Gasteiger partial charge in [-0.15, -0.1) is 11.3 Å². The number of thiazole rings is 1. The molecule has 140 valence electrons. The third-order valence-corrected chi connectivity index (χ3v) is 5.52. The Kier molecular flexibility index (Phi) is 4.94. The number of esters is 1. The van der Waals surface area contributed by atoms with E-state index >= 15 is 0 Å². The maximum atomic E-state index is 12.0. The van der Waals surface area contributed by atoms with Gasteiger partial charge in [0.05, 0.1) is 12.3 Å². The third kappa shape index (κ3) is 3.35. The van der Waals surface area contributed by atoms with E-state index in [1.807, 2.05) is 22.9 Å². The SMILES string of the molecule is CCOC(=O)c1csc(-n2nc(-c3ccccc3)c(C)c2N2CCCC2)n1. The van der Waals surface area contributed by atoms with Crippen LogP contribution in [0.4, 0.5) is 5.82 Å². The largest absolute Gasteiger partial charge is 0.461 e. The second kappa shape index (κ2) is 7.52. The fraction of sp³-hybridized carbons (Fsp3) is 0.350. The van der Waals surface area contributed by atoms with Crippen molar-refractivity contribution in [2.24, 2.45) is 0 Å². The minimum atomic E-state index is -0.394. The molecule has 0 N–H and O–H groups in total. The standard InChI is InChI=1S/C20H22N4O2S/c1-3-26-19(25)16-13-27-20(21-16)24-18(23-11-7-8-12-23)14(2)17(22-24)15-9-5-4-6-10-15/h4-6,9-10,13H,3,7-8,11-12H2,1-2H3. The van der Waals surface area contributed by atoms with Crippen LogP contribution in [0.1, 0.15) is 35.8 Å². The molecule has 3 heterocycles. The van der Waals surface area contributed by atoms with Crippen LogP contribution in [0.25, 0.3) is 16.4 Å². The van der Waals surface area contributed by atoms with Crippen LogP contribution in [0.15, 0.2) is 35.7 Å². The van der Waals surface area contributed by atoms with Crippen molar-refractivity contribution >= 4 is 23.1 Å². The molecule has 1 fully saturated rings. The summed E-state index contributed by atoms with van der Waals surface area (Å²) >= 11 is 1.41. The lowest BCUT2D eigenvalue weighted by Gasteiger charge is -2.19. The van der Waals surface area contributed by atoms with Crippen molar-refractivity contribution in [1.82, 2.24) is 14.8 Å². The number of carbonyl (C=O) groups is 1. The van der Waals surface area contributed by atoms with Gasteiger partial charge in [-0.1, -0.05) is 30.3 Å². The smallest absolute Gasteiger partial charge is 0.357 e. The Hall–Kier alpha value is -2.67. The Morgan fingerprint density at radius 1 is 1.22 bits per heavy atom. The lowest BCUT2D eigenvalue weighted by Crippen LogP contribution is -2.22. The molecule has 0 radical (unpaired) electrons. The highest BCUT2D eigenvalue weighted by atomic mass is 32.1. The van der Waals surface area contributed by atoms with Crippen molar-refractivity contribution in [2.75, 3.05) is 24.6 Å². The van der Waals surface area contributed by atoms with Gasteiger partial charge in [0, 0.05) is 29.6 Å². The molecule has 0 bridgehead atoms. The number of hydrogen-bond donors (Lipinski definition) is 0. The zero-order valence-corrected chi connectivity index (χ0v) is 16.3. The molecule has 1 aliphatic heterocycles. The number of rotatable bonds is 5. The van der Waals surface area contributed by atoms with Gasteiger partial charge < -0.3 is 9.64 Å². The first kappa shape index (κ1) is 17.7. The first-order valence-electron chi connectivity index (χ1n) is 9.22. The molecule has 0 atom stereocenters. The highest BCUT2D eigenvalue weighted by Gasteiger charge is 2.26. The summed E-state index contributed by atoms with van der Waals surface area (Å²) in [5.74, 6) is 0.672. The number of aromatic nitrogens is 3. The normalized spacial score (nSPS) is 13.9. The van der Waals surface area contributed by atoms with Crippen LogP contribution in [0.2, 0.25) is 0 Å². The number of benzene rings is 1. The highest BCUT2D eigenvalue weighted by Crippen LogP contribution is 2.35. The van der Waals surface area contributed by atoms with E-state index in [4.69, 9.17) is 9.84 Å². The first-order valence-corrected chi connectivity index (χ1v) is 10.1. The molecule has 1 aliphatic rings. The summed E-state index contributed by atoms with van der Waals surface area (Å²) in [6.45, 7) is 6.26. The van der Waals surface area contributed by atoms with Crippen molar-refractivity contribution < 1.29 is 9.53 Å². The van der Waals surface area contributed by atoms with E-state index in [1.165, 1.54) is 24.2 Å². The monoisotopic (exact) mass is 382 g/mol. The Labute approximate surface area is 162 Å². The molecule has 7 heteroatoms. The zero-order chi connectivity index (χ0) is 18.8. The highest BCUT2D eigenvalue weighted by molar-refractivity contribution is 7.12. The summed E-state index contributed by atoms with van der Waals surface area (Å²) in [5.41, 5.74) is 3.50. The molecular weight excluding hydrogens is 360 g/mol. The van der Waals surface area contributed by atoms with Crippen LogP contribution in [0.3, 0.4) is 0 Å². The Bertz CT molecular complexity index is 942. The maximum absolute atomic E-state index is 12.0. The summed E-state index contributed by atoms with van der Waals surface area (Å²) in [7, 11) is 0. The van der Waals surface area contributed by atoms with Crippen LogP contribution in [0.5, 0.6) is 0 Å². The number of nitrogens with zero attached hydrogens (tertiary/aromatic N) is 4. The van der Waals surface area contributed by atoms with Crippen molar-refractivity contribution in [3.8, 4) is 16.4 Å². The average molecular weight is 382 g/mol. The van der Waals surface area contributed by atoms with Gasteiger partial charge in [-0.25, -0.2) is 9.78 Å². The van der Waals surface area contributed by atoms with Gasteiger partial charge >= 0.3 is 5.97 Å². The van der Waals surface area contributed by atoms with E-state index in [-0.39, 0.29) is 0 Å². The molecule has 0 amide bonds. The fourth-order valence-electron chi connectivity index (χ4n) is 3.45. The quantitative estimate of drug-likeness (QED) is 0.622. The van der Waals surface area contributed by atoms with E-state index in [0.29, 0.717) is 17.4 Å². The number of hydrogen-bond acceptors (Lipinski definition) is 6. The predicted octanol–water partition coefficient (Wildman–Crippen LogP) is 4.08. The number of anilines is 1. The minimum absolute atomic E-state index is 0.332. The molecule has 2 aromatic heterocycles. The van der Waals surface area contributed by atoms with Crippen LogP contribution in [0, 0.1) is 6.92 Å². The van der Waals surface area contributed by atoms with E-state index in [0.717, 1.165) is 35.7 Å². The molecule has 0 spiro atoms. The second-order valence-electron chi connectivity index (χ2n) is 6.50. The van der Waals surface area contributed by atoms with Gasteiger partial charge in [-0.05, 0) is 26.7 Å². The summed E-state index contributed by atoms with van der Waals surface area (Å²) in [6, 6.07) is 10.2. The second-order valence-corrected chi connectivity index (χ2v) is 7.34. The number of carbonyl (C=O) groups excluding carboxylic acids is 1. The van der Waals surface area contributed by atoms with Crippen LogP contribution in [-0.2, 0) is 4.74 Å². The molecule has 6 nitrogen and oxygen atoms in total. The predicted molar refractivity (Wildman–Crippen MR) is 107 cm³/mol. The molecule has 27 heavy (non-hydrogen) atoms. The first-order chi connectivity index (χ1) is 13.2. The van der Waals surface area contributed by atoms with Crippen LogP contribution in [-0.4, -0.2) is 40.4 Å². The zero-order valence-electron chi connectivity index (χ0n) is 15.5. The van der Waals surface area contributed by atoms with Gasteiger partial charge in [0.25, 0.3) is 0 Å². The van der Waals surface area contributed by atoms with Gasteiger partial charge in [0.15, 0.2) is 5.69 Å². The maximum Gasteiger partial charge on any atom is 0.357 e. The van der Waals surface area contributed by atoms with Crippen molar-refractivity contribution in [1.29, 1.82) is 0 Å². The molecule has 1 saturated heterocycles. The molecule has 0 aliphatic carbocycles. The van der Waals surface area contributed by atoms with Gasteiger partial charge in [0.1, 0.15) is 5.82 Å². The van der Waals surface area contributed by atoms with Crippen molar-refractivity contribution in [3.05, 3.63) is 47.0 Å². The molecule has 0 unspecified atom stereocenters. The van der Waals surface area contributed by atoms with Crippen molar-refractivity contribution in [2.45, 2.75) is 26.7 Å². The van der Waals surface area contributed by atoms with Crippen LogP contribution < -0.4 is 4.90 Å². The van der Waals surface area contributed by atoms with Gasteiger partial charge in [-0.2, -0.15) is 9.78 Å². The van der Waals surface area contributed by atoms with Crippen LogP contribution >= 0.6 is 11.3 Å². The number of ether oxygens (including phenoxy) is 1. The summed E-state index contributed by atoms with van der Waals surface area (Å²) < 4.78 is 6.96. The summed E-state index contributed by atoms with van der Waals surface area (Å²) in [5, 5.41) is 7.31. The van der Waals surface area contributed by atoms with E-state index in [2.05, 4.69) is 28.9 Å². The average Bonchev–Trinajstić information content (AvgIpc) is 3.42. The lowest BCUT2D eigenvalue weighted by molar-refractivity contribution is 0.0520. The summed E-state index contributed by atoms with van der Waals surface area (Å²) in [4.78, 5) is 18.9. The Morgan fingerprint density at radius 3 is 2.67 bits per heavy atom. The van der Waals surface area contributed by atoms with E-state index in [1.54, 1.807) is 12.3 Å². The molecule has 4 rings (SSSR count). The molecule has 1 aromatic carbocycles. The van der Waals surface area contributed by atoms with Gasteiger partial charge in [-0.3, -0.25) is 0 Å². The van der Waals surface area contributed by atoms with Gasteiger partial charge in [0.2, 0.25) is 5.13 Å². The topological polar surface area (TPSA) is 60.3 Å². The molecule has 3 aromatic rings. The summed E-state index contributed by atoms with van der Waals surface area (Å²) in [6.07, 6.45) is 2.36.